The fraction of sp³-hybridized carbons (Fsp3) is 0.353. The van der Waals surface area contributed by atoms with Gasteiger partial charge in [-0.3, -0.25) is 9.69 Å². The molecule has 1 aromatic carbocycles. The van der Waals surface area contributed by atoms with Gasteiger partial charge in [-0.05, 0) is 30.2 Å². The van der Waals surface area contributed by atoms with Crippen molar-refractivity contribution < 1.29 is 13.9 Å². The van der Waals surface area contributed by atoms with Gasteiger partial charge >= 0.3 is 5.97 Å². The molecular weight excluding hydrogens is 283 g/mol. The third-order valence-electron chi connectivity index (χ3n) is 4.58. The number of esters is 1. The van der Waals surface area contributed by atoms with Gasteiger partial charge in [0.15, 0.2) is 0 Å². The maximum Gasteiger partial charge on any atom is 0.323 e. The minimum atomic E-state index is -0.232. The van der Waals surface area contributed by atoms with E-state index in [1.165, 1.54) is 17.7 Å². The van der Waals surface area contributed by atoms with Crippen LogP contribution in [-0.2, 0) is 9.53 Å². The zero-order valence-corrected chi connectivity index (χ0v) is 12.1. The van der Waals surface area contributed by atoms with Crippen LogP contribution in [0.3, 0.4) is 0 Å². The molecule has 0 unspecified atom stereocenters. The second-order valence-electron chi connectivity index (χ2n) is 5.84. The topological polar surface area (TPSA) is 45.3 Å². The average molecular weight is 300 g/mol. The van der Waals surface area contributed by atoms with Crippen LogP contribution >= 0.6 is 0 Å². The molecule has 1 atom stereocenters. The molecule has 3 heterocycles. The summed E-state index contributed by atoms with van der Waals surface area (Å²) in [5.74, 6) is -0.330. The lowest BCUT2D eigenvalue weighted by Crippen LogP contribution is -2.41. The van der Waals surface area contributed by atoms with E-state index < -0.39 is 0 Å². The Hall–Kier alpha value is -2.14. The Balaban J connectivity index is 1.58. The number of aromatic nitrogens is 1. The molecule has 0 spiro atoms. The summed E-state index contributed by atoms with van der Waals surface area (Å²) < 4.78 is 18.3. The van der Waals surface area contributed by atoms with Gasteiger partial charge in [0.2, 0.25) is 0 Å². The largest absolute Gasteiger partial charge is 0.464 e. The van der Waals surface area contributed by atoms with Gasteiger partial charge in [0.25, 0.3) is 0 Å². The van der Waals surface area contributed by atoms with Crippen molar-refractivity contribution in [1.29, 1.82) is 0 Å². The van der Waals surface area contributed by atoms with Gasteiger partial charge in [-0.2, -0.15) is 0 Å². The van der Waals surface area contributed by atoms with Gasteiger partial charge in [0.05, 0.1) is 6.61 Å². The number of hydrogen-bond acceptors (Lipinski definition) is 3. The Kier molecular flexibility index (Phi) is 3.22. The van der Waals surface area contributed by atoms with Crippen molar-refractivity contribution in [2.75, 3.05) is 19.7 Å². The standard InChI is InChI=1S/C17H17FN2O2/c18-12-1-2-13-14(10-19-15(13)9-12)11-3-6-20(7-4-11)16-5-8-22-17(16)21/h1-3,9-10,16,19H,4-8H2/t16-/m0/s1. The Morgan fingerprint density at radius 3 is 3.00 bits per heavy atom. The summed E-state index contributed by atoms with van der Waals surface area (Å²) >= 11 is 0. The molecule has 22 heavy (non-hydrogen) atoms. The number of carbonyl (C=O) groups excluding carboxylic acids is 1. The smallest absolute Gasteiger partial charge is 0.323 e. The molecule has 2 aromatic rings. The van der Waals surface area contributed by atoms with E-state index in [0.717, 1.165) is 42.4 Å². The number of nitrogens with zero attached hydrogens (tertiary/aromatic N) is 1. The van der Waals surface area contributed by atoms with Crippen molar-refractivity contribution in [3.05, 3.63) is 41.9 Å². The van der Waals surface area contributed by atoms with Gasteiger partial charge in [0.1, 0.15) is 11.9 Å². The molecule has 1 N–H and O–H groups in total. The number of carbonyl (C=O) groups is 1. The molecule has 4 nitrogen and oxygen atoms in total. The number of H-pyrrole nitrogens is 1. The van der Waals surface area contributed by atoms with Crippen molar-refractivity contribution in [1.82, 2.24) is 9.88 Å². The van der Waals surface area contributed by atoms with E-state index in [-0.39, 0.29) is 17.8 Å². The summed E-state index contributed by atoms with van der Waals surface area (Å²) in [6.07, 6.45) is 5.78. The van der Waals surface area contributed by atoms with Crippen LogP contribution in [0, 0.1) is 5.82 Å². The molecule has 0 saturated carbocycles. The number of fused-ring (bicyclic) bond motifs is 1. The molecule has 5 heteroatoms. The molecule has 1 fully saturated rings. The number of benzene rings is 1. The molecule has 114 valence electrons. The SMILES string of the molecule is O=C1OCC[C@@H]1N1CC=C(c2c[nH]c3cc(F)ccc23)CC1. The minimum absolute atomic E-state index is 0.0881. The van der Waals surface area contributed by atoms with E-state index in [1.807, 2.05) is 12.3 Å². The second kappa shape index (κ2) is 5.25. The number of cyclic esters (lactones) is 1. The Morgan fingerprint density at radius 2 is 2.27 bits per heavy atom. The van der Waals surface area contributed by atoms with Crippen LogP contribution in [0.1, 0.15) is 18.4 Å². The third kappa shape index (κ3) is 2.22. The molecule has 2 aliphatic heterocycles. The lowest BCUT2D eigenvalue weighted by Gasteiger charge is -2.29. The highest BCUT2D eigenvalue weighted by atomic mass is 19.1. The van der Waals surface area contributed by atoms with Crippen LogP contribution < -0.4 is 0 Å². The molecule has 0 aliphatic carbocycles. The zero-order chi connectivity index (χ0) is 15.1. The lowest BCUT2D eigenvalue weighted by atomic mass is 9.98. The van der Waals surface area contributed by atoms with Crippen LogP contribution in [0.5, 0.6) is 0 Å². The fourth-order valence-corrected chi connectivity index (χ4v) is 3.39. The number of hydrogen-bond donors (Lipinski definition) is 1. The van der Waals surface area contributed by atoms with Crippen LogP contribution in [0.25, 0.3) is 16.5 Å². The Bertz CT molecular complexity index is 765. The van der Waals surface area contributed by atoms with Crippen molar-refractivity contribution in [2.45, 2.75) is 18.9 Å². The van der Waals surface area contributed by atoms with Crippen molar-refractivity contribution >= 4 is 22.4 Å². The maximum absolute atomic E-state index is 13.3. The highest BCUT2D eigenvalue weighted by molar-refractivity contribution is 5.92. The van der Waals surface area contributed by atoms with Gasteiger partial charge in [-0.1, -0.05) is 6.08 Å². The zero-order valence-electron chi connectivity index (χ0n) is 12.1. The van der Waals surface area contributed by atoms with E-state index in [9.17, 15) is 9.18 Å². The maximum atomic E-state index is 13.3. The first-order valence-electron chi connectivity index (χ1n) is 7.59. The summed E-state index contributed by atoms with van der Waals surface area (Å²) in [7, 11) is 0. The highest BCUT2D eigenvalue weighted by Crippen LogP contribution is 2.30. The fourth-order valence-electron chi connectivity index (χ4n) is 3.39. The predicted molar refractivity (Wildman–Crippen MR) is 81.8 cm³/mol. The van der Waals surface area contributed by atoms with Crippen LogP contribution in [0.15, 0.2) is 30.5 Å². The lowest BCUT2D eigenvalue weighted by molar-refractivity contribution is -0.142. The van der Waals surface area contributed by atoms with E-state index in [4.69, 9.17) is 4.74 Å². The summed E-state index contributed by atoms with van der Waals surface area (Å²) in [6.45, 7) is 2.13. The summed E-state index contributed by atoms with van der Waals surface area (Å²) in [5.41, 5.74) is 3.20. The Labute approximate surface area is 127 Å². The molecule has 0 bridgehead atoms. The number of halogens is 1. The molecule has 0 amide bonds. The molecule has 2 aliphatic rings. The number of ether oxygens (including phenoxy) is 1. The van der Waals surface area contributed by atoms with Gasteiger partial charge in [-0.25, -0.2) is 4.39 Å². The van der Waals surface area contributed by atoms with Gasteiger partial charge < -0.3 is 9.72 Å². The van der Waals surface area contributed by atoms with Crippen molar-refractivity contribution in [2.24, 2.45) is 0 Å². The average Bonchev–Trinajstić information content (AvgIpc) is 3.13. The normalized spacial score (nSPS) is 22.9. The summed E-state index contributed by atoms with van der Waals surface area (Å²) in [5, 5.41) is 1.04. The van der Waals surface area contributed by atoms with Crippen LogP contribution in [0.2, 0.25) is 0 Å². The van der Waals surface area contributed by atoms with Crippen molar-refractivity contribution in [3.63, 3.8) is 0 Å². The van der Waals surface area contributed by atoms with Crippen LogP contribution in [-0.4, -0.2) is 41.6 Å². The molecule has 1 aromatic heterocycles. The van der Waals surface area contributed by atoms with E-state index in [2.05, 4.69) is 16.0 Å². The first-order chi connectivity index (χ1) is 10.7. The monoisotopic (exact) mass is 300 g/mol. The first-order valence-corrected chi connectivity index (χ1v) is 7.59. The molecular formula is C17H17FN2O2. The van der Waals surface area contributed by atoms with Crippen LogP contribution in [0.4, 0.5) is 4.39 Å². The number of rotatable bonds is 2. The number of nitrogens with one attached hydrogen (secondary N) is 1. The highest BCUT2D eigenvalue weighted by Gasteiger charge is 2.33. The molecule has 1 saturated heterocycles. The first kappa shape index (κ1) is 13.5. The predicted octanol–water partition coefficient (Wildman–Crippen LogP) is 2.71. The van der Waals surface area contributed by atoms with Crippen molar-refractivity contribution in [3.8, 4) is 0 Å². The second-order valence-corrected chi connectivity index (χ2v) is 5.84. The minimum Gasteiger partial charge on any atom is -0.464 e. The molecule has 4 rings (SSSR count). The third-order valence-corrected chi connectivity index (χ3v) is 4.58. The van der Waals surface area contributed by atoms with Gasteiger partial charge in [-0.15, -0.1) is 0 Å². The summed E-state index contributed by atoms with van der Waals surface area (Å²) in [4.78, 5) is 17.0. The van der Waals surface area contributed by atoms with E-state index >= 15 is 0 Å². The Morgan fingerprint density at radius 1 is 1.36 bits per heavy atom. The quantitative estimate of drug-likeness (QED) is 0.867. The van der Waals surface area contributed by atoms with E-state index in [0.29, 0.717) is 6.61 Å². The number of aromatic amines is 1. The summed E-state index contributed by atoms with van der Waals surface area (Å²) in [6, 6.07) is 4.74. The van der Waals surface area contributed by atoms with E-state index in [1.54, 1.807) is 0 Å². The molecule has 0 radical (unpaired) electrons. The van der Waals surface area contributed by atoms with Gasteiger partial charge in [0, 0.05) is 42.2 Å².